The molecule has 7 nitrogen and oxygen atoms in total. The Morgan fingerprint density at radius 1 is 1.17 bits per heavy atom. The van der Waals surface area contributed by atoms with Crippen LogP contribution in [0.2, 0.25) is 4.34 Å². The van der Waals surface area contributed by atoms with Gasteiger partial charge in [-0.3, -0.25) is 0 Å². The molecule has 3 heterocycles. The normalized spacial score (nSPS) is 13.4. The van der Waals surface area contributed by atoms with Crippen molar-refractivity contribution in [1.29, 1.82) is 0 Å². The van der Waals surface area contributed by atoms with Crippen LogP contribution in [0.1, 0.15) is 5.89 Å². The summed E-state index contributed by atoms with van der Waals surface area (Å²) in [5.74, 6) is 1.12. The Morgan fingerprint density at radius 2 is 2.00 bits per heavy atom. The molecule has 1 aliphatic rings. The van der Waals surface area contributed by atoms with E-state index in [4.69, 9.17) is 25.6 Å². The largest absolute Gasteiger partial charge is 0.454 e. The van der Waals surface area contributed by atoms with Crippen molar-refractivity contribution < 1.29 is 22.4 Å². The molecule has 0 amide bonds. The monoisotopic (exact) mass is 384 g/mol. The zero-order chi connectivity index (χ0) is 16.7. The van der Waals surface area contributed by atoms with Crippen LogP contribution in [0.3, 0.4) is 0 Å². The number of hydrogen-bond donors (Lipinski definition) is 0. The number of ether oxygens (including phenoxy) is 2. The van der Waals surface area contributed by atoms with Gasteiger partial charge < -0.3 is 14.0 Å². The van der Waals surface area contributed by atoms with E-state index in [0.29, 0.717) is 21.4 Å². The molecule has 0 unspecified atom stereocenters. The lowest BCUT2D eigenvalue weighted by Gasteiger charge is -1.98. The van der Waals surface area contributed by atoms with E-state index in [9.17, 15) is 8.42 Å². The second kappa shape index (κ2) is 5.76. The van der Waals surface area contributed by atoms with Crippen LogP contribution in [0.15, 0.2) is 39.1 Å². The summed E-state index contributed by atoms with van der Waals surface area (Å²) in [6.45, 7) is 0.165. The third-order valence-electron chi connectivity index (χ3n) is 3.27. The Hall–Kier alpha value is -2.10. The van der Waals surface area contributed by atoms with Gasteiger partial charge in [-0.05, 0) is 30.3 Å². The summed E-state index contributed by atoms with van der Waals surface area (Å²) >= 11 is 6.77. The molecule has 0 atom stereocenters. The molecular weight excluding hydrogens is 376 g/mol. The molecule has 124 valence electrons. The highest BCUT2D eigenvalue weighted by atomic mass is 35.5. The second-order valence-corrected chi connectivity index (χ2v) is 8.83. The first-order chi connectivity index (χ1) is 11.5. The Bertz CT molecular complexity index is 1010. The van der Waals surface area contributed by atoms with E-state index in [1.165, 1.54) is 12.1 Å². The van der Waals surface area contributed by atoms with E-state index in [1.54, 1.807) is 18.2 Å². The van der Waals surface area contributed by atoms with Gasteiger partial charge >= 0.3 is 0 Å². The molecule has 2 aromatic heterocycles. The van der Waals surface area contributed by atoms with E-state index in [-0.39, 0.29) is 28.5 Å². The van der Waals surface area contributed by atoms with Gasteiger partial charge in [0.15, 0.2) is 21.3 Å². The fraction of sp³-hybridized carbons (Fsp3) is 0.143. The summed E-state index contributed by atoms with van der Waals surface area (Å²) in [4.78, 5) is 4.14. The van der Waals surface area contributed by atoms with Gasteiger partial charge in [0.1, 0.15) is 9.96 Å². The minimum atomic E-state index is -3.58. The van der Waals surface area contributed by atoms with Gasteiger partial charge in [0, 0.05) is 5.56 Å². The molecule has 1 aromatic carbocycles. The van der Waals surface area contributed by atoms with Gasteiger partial charge in [-0.2, -0.15) is 4.98 Å². The number of halogens is 1. The van der Waals surface area contributed by atoms with Gasteiger partial charge in [-0.15, -0.1) is 11.3 Å². The highest BCUT2D eigenvalue weighted by Gasteiger charge is 2.22. The van der Waals surface area contributed by atoms with Crippen molar-refractivity contribution in [3.8, 4) is 22.9 Å². The molecule has 24 heavy (non-hydrogen) atoms. The van der Waals surface area contributed by atoms with Crippen molar-refractivity contribution >= 4 is 32.8 Å². The van der Waals surface area contributed by atoms with E-state index in [1.807, 2.05) is 0 Å². The lowest BCUT2D eigenvalue weighted by Crippen LogP contribution is -2.03. The molecule has 3 aromatic rings. The maximum atomic E-state index is 12.3. The lowest BCUT2D eigenvalue weighted by atomic mass is 10.2. The first-order valence-corrected chi connectivity index (χ1v) is 9.57. The van der Waals surface area contributed by atoms with E-state index >= 15 is 0 Å². The fourth-order valence-electron chi connectivity index (χ4n) is 2.16. The number of benzene rings is 1. The van der Waals surface area contributed by atoms with Gasteiger partial charge in [-0.25, -0.2) is 8.42 Å². The van der Waals surface area contributed by atoms with E-state index in [2.05, 4.69) is 10.1 Å². The summed E-state index contributed by atoms with van der Waals surface area (Å²) in [6.07, 6.45) is 0. The molecule has 0 bridgehead atoms. The van der Waals surface area contributed by atoms with Crippen LogP contribution in [-0.2, 0) is 15.6 Å². The number of hydrogen-bond acceptors (Lipinski definition) is 8. The van der Waals surface area contributed by atoms with Crippen LogP contribution in [0.25, 0.3) is 11.4 Å². The topological polar surface area (TPSA) is 91.5 Å². The predicted octanol–water partition coefficient (Wildman–Crippen LogP) is 3.15. The number of fused-ring (bicyclic) bond motifs is 1. The number of thiophene rings is 1. The van der Waals surface area contributed by atoms with Crippen molar-refractivity contribution in [2.75, 3.05) is 6.79 Å². The van der Waals surface area contributed by atoms with Gasteiger partial charge in [0.05, 0.1) is 4.34 Å². The van der Waals surface area contributed by atoms with Crippen molar-refractivity contribution in [2.45, 2.75) is 9.96 Å². The highest BCUT2D eigenvalue weighted by molar-refractivity contribution is 7.92. The molecule has 0 saturated heterocycles. The first kappa shape index (κ1) is 15.4. The second-order valence-electron chi connectivity index (χ2n) is 4.90. The average Bonchev–Trinajstić information content (AvgIpc) is 3.25. The third-order valence-corrected chi connectivity index (χ3v) is 6.68. The molecule has 0 radical (unpaired) electrons. The third kappa shape index (κ3) is 2.85. The molecule has 1 aliphatic heterocycles. The molecule has 10 heteroatoms. The Labute approximate surface area is 145 Å². The summed E-state index contributed by atoms with van der Waals surface area (Å²) < 4.78 is 40.8. The molecule has 0 fully saturated rings. The maximum Gasteiger partial charge on any atom is 0.242 e. The fourth-order valence-corrected chi connectivity index (χ4v) is 4.89. The molecule has 0 aliphatic carbocycles. The van der Waals surface area contributed by atoms with Crippen molar-refractivity contribution in [1.82, 2.24) is 10.1 Å². The van der Waals surface area contributed by atoms with Gasteiger partial charge in [0.2, 0.25) is 18.5 Å². The Kier molecular flexibility index (Phi) is 3.70. The molecular formula is C14H9ClN2O5S2. The van der Waals surface area contributed by atoms with E-state index < -0.39 is 9.84 Å². The quantitative estimate of drug-likeness (QED) is 0.682. The standard InChI is InChI=1S/C14H9ClN2O5S2/c15-11-3-4-13(23-11)24(18,19)6-12-16-14(17-22-12)8-1-2-9-10(5-8)21-7-20-9/h1-5H,6-7H2. The molecule has 0 spiro atoms. The number of rotatable bonds is 4. The summed E-state index contributed by atoms with van der Waals surface area (Å²) in [5.41, 5.74) is 0.644. The van der Waals surface area contributed by atoms with Gasteiger partial charge in [0.25, 0.3) is 0 Å². The van der Waals surface area contributed by atoms with E-state index in [0.717, 1.165) is 11.3 Å². The van der Waals surface area contributed by atoms with Crippen LogP contribution in [-0.4, -0.2) is 25.4 Å². The summed E-state index contributed by atoms with van der Waals surface area (Å²) in [6, 6.07) is 8.18. The van der Waals surface area contributed by atoms with Crippen molar-refractivity contribution in [2.24, 2.45) is 0 Å². The number of aromatic nitrogens is 2. The average molecular weight is 385 g/mol. The predicted molar refractivity (Wildman–Crippen MR) is 86.1 cm³/mol. The van der Waals surface area contributed by atoms with Gasteiger partial charge in [-0.1, -0.05) is 16.8 Å². The minimum absolute atomic E-state index is 0.00666. The minimum Gasteiger partial charge on any atom is -0.454 e. The first-order valence-electron chi connectivity index (χ1n) is 6.72. The molecule has 4 rings (SSSR count). The zero-order valence-electron chi connectivity index (χ0n) is 11.9. The van der Waals surface area contributed by atoms with Crippen LogP contribution >= 0.6 is 22.9 Å². The van der Waals surface area contributed by atoms with Crippen molar-refractivity contribution in [3.05, 3.63) is 40.6 Å². The zero-order valence-corrected chi connectivity index (χ0v) is 14.3. The number of sulfone groups is 1. The molecule has 0 saturated carbocycles. The Balaban J connectivity index is 1.59. The Morgan fingerprint density at radius 3 is 2.79 bits per heavy atom. The highest BCUT2D eigenvalue weighted by Crippen LogP contribution is 2.35. The lowest BCUT2D eigenvalue weighted by molar-refractivity contribution is 0.174. The smallest absolute Gasteiger partial charge is 0.242 e. The van der Waals surface area contributed by atoms with Crippen LogP contribution < -0.4 is 9.47 Å². The SMILES string of the molecule is O=S(=O)(Cc1nc(-c2ccc3c(c2)OCO3)no1)c1ccc(Cl)s1. The molecule has 0 N–H and O–H groups in total. The van der Waals surface area contributed by atoms with Crippen LogP contribution in [0.4, 0.5) is 0 Å². The number of nitrogens with zero attached hydrogens (tertiary/aromatic N) is 2. The maximum absolute atomic E-state index is 12.3. The van der Waals surface area contributed by atoms with Crippen LogP contribution in [0, 0.1) is 0 Å². The summed E-state index contributed by atoms with van der Waals surface area (Å²) in [5, 5.41) is 3.83. The van der Waals surface area contributed by atoms with Crippen molar-refractivity contribution in [3.63, 3.8) is 0 Å². The summed E-state index contributed by atoms with van der Waals surface area (Å²) in [7, 11) is -3.58. The van der Waals surface area contributed by atoms with Crippen LogP contribution in [0.5, 0.6) is 11.5 Å².